The number of hydrogen-bond acceptors (Lipinski definition) is 5. The second-order valence-electron chi connectivity index (χ2n) is 5.36. The van der Waals surface area contributed by atoms with Crippen molar-refractivity contribution in [2.45, 2.75) is 0 Å². The first-order valence-corrected chi connectivity index (χ1v) is 7.50. The van der Waals surface area contributed by atoms with Crippen molar-refractivity contribution in [2.24, 2.45) is 5.73 Å². The lowest BCUT2D eigenvalue weighted by Crippen LogP contribution is -2.13. The van der Waals surface area contributed by atoms with Gasteiger partial charge in [-0.25, -0.2) is 9.37 Å². The lowest BCUT2D eigenvalue weighted by Gasteiger charge is -2.11. The number of nitrogens with two attached hydrogens (primary N) is 1. The molecule has 0 bridgehead atoms. The molecule has 2 aromatic carbocycles. The molecule has 1 amide bonds. The third kappa shape index (κ3) is 3.36. The maximum absolute atomic E-state index is 13.3. The molecule has 3 rings (SSSR count). The SMILES string of the molecule is NC(=O)c1cc(F)cnc1Oc1cccc(-c2cccc(C=O)c2O)c1. The number of phenols is 1. The van der Waals surface area contributed by atoms with Gasteiger partial charge in [0.15, 0.2) is 6.29 Å². The summed E-state index contributed by atoms with van der Waals surface area (Å²) < 4.78 is 18.8. The zero-order chi connectivity index (χ0) is 18.7. The lowest BCUT2D eigenvalue weighted by atomic mass is 10.0. The summed E-state index contributed by atoms with van der Waals surface area (Å²) in [5.74, 6) is -1.59. The summed E-state index contributed by atoms with van der Waals surface area (Å²) in [7, 11) is 0. The Hall–Kier alpha value is -3.74. The highest BCUT2D eigenvalue weighted by Crippen LogP contribution is 2.34. The zero-order valence-corrected chi connectivity index (χ0v) is 13.3. The minimum Gasteiger partial charge on any atom is -0.507 e. The van der Waals surface area contributed by atoms with E-state index in [9.17, 15) is 19.1 Å². The smallest absolute Gasteiger partial charge is 0.254 e. The fourth-order valence-electron chi connectivity index (χ4n) is 2.41. The van der Waals surface area contributed by atoms with E-state index in [0.717, 1.165) is 12.3 Å². The molecular formula is C19H13FN2O4. The first kappa shape index (κ1) is 17.1. The van der Waals surface area contributed by atoms with E-state index in [1.165, 1.54) is 6.07 Å². The average molecular weight is 352 g/mol. The molecule has 0 aliphatic rings. The molecule has 26 heavy (non-hydrogen) atoms. The van der Waals surface area contributed by atoms with E-state index in [-0.39, 0.29) is 22.8 Å². The van der Waals surface area contributed by atoms with Crippen molar-refractivity contribution in [1.82, 2.24) is 4.98 Å². The number of pyridine rings is 1. The summed E-state index contributed by atoms with van der Waals surface area (Å²) >= 11 is 0. The first-order chi connectivity index (χ1) is 12.5. The summed E-state index contributed by atoms with van der Waals surface area (Å²) in [6.07, 6.45) is 1.46. The number of ether oxygens (including phenoxy) is 1. The quantitative estimate of drug-likeness (QED) is 0.686. The van der Waals surface area contributed by atoms with Gasteiger partial charge < -0.3 is 15.6 Å². The van der Waals surface area contributed by atoms with Crippen molar-refractivity contribution >= 4 is 12.2 Å². The van der Waals surface area contributed by atoms with E-state index in [1.54, 1.807) is 36.4 Å². The van der Waals surface area contributed by atoms with Crippen LogP contribution in [0, 0.1) is 5.82 Å². The first-order valence-electron chi connectivity index (χ1n) is 7.50. The number of aldehydes is 1. The van der Waals surface area contributed by atoms with Gasteiger partial charge in [-0.3, -0.25) is 9.59 Å². The number of benzene rings is 2. The largest absolute Gasteiger partial charge is 0.507 e. The molecule has 0 unspecified atom stereocenters. The van der Waals surface area contributed by atoms with E-state index in [1.807, 2.05) is 0 Å². The summed E-state index contributed by atoms with van der Waals surface area (Å²) in [5, 5.41) is 10.2. The maximum atomic E-state index is 13.3. The minimum absolute atomic E-state index is 0.137. The van der Waals surface area contributed by atoms with Crippen molar-refractivity contribution in [1.29, 1.82) is 0 Å². The molecule has 1 aromatic heterocycles. The summed E-state index contributed by atoms with van der Waals surface area (Å²) in [4.78, 5) is 26.2. The number of carbonyl (C=O) groups excluding carboxylic acids is 2. The van der Waals surface area contributed by atoms with Gasteiger partial charge in [-0.15, -0.1) is 0 Å². The number of halogens is 1. The van der Waals surface area contributed by atoms with Crippen LogP contribution in [0.3, 0.4) is 0 Å². The summed E-state index contributed by atoms with van der Waals surface area (Å²) in [5.41, 5.74) is 6.19. The van der Waals surface area contributed by atoms with Gasteiger partial charge in [-0.1, -0.05) is 24.3 Å². The zero-order valence-electron chi connectivity index (χ0n) is 13.3. The normalized spacial score (nSPS) is 10.3. The average Bonchev–Trinajstić information content (AvgIpc) is 2.63. The van der Waals surface area contributed by atoms with Crippen LogP contribution >= 0.6 is 0 Å². The minimum atomic E-state index is -0.875. The Balaban J connectivity index is 1.99. The highest BCUT2D eigenvalue weighted by atomic mass is 19.1. The number of amides is 1. The number of hydrogen-bond donors (Lipinski definition) is 2. The van der Waals surface area contributed by atoms with Gasteiger partial charge in [0.05, 0.1) is 11.8 Å². The molecule has 0 radical (unpaired) electrons. The second-order valence-corrected chi connectivity index (χ2v) is 5.36. The molecule has 130 valence electrons. The van der Waals surface area contributed by atoms with Gasteiger partial charge >= 0.3 is 0 Å². The van der Waals surface area contributed by atoms with Crippen LogP contribution in [-0.2, 0) is 0 Å². The lowest BCUT2D eigenvalue weighted by molar-refractivity contribution is 0.0996. The standard InChI is InChI=1S/C19H13FN2O4/c20-13-8-16(18(21)25)19(22-9-13)26-14-5-1-3-11(7-14)15-6-2-4-12(10-23)17(15)24/h1-10,24H,(H2,21,25). The molecule has 1 heterocycles. The van der Waals surface area contributed by atoms with Crippen molar-refractivity contribution in [3.8, 4) is 28.5 Å². The van der Waals surface area contributed by atoms with Gasteiger partial charge in [-0.05, 0) is 29.8 Å². The highest BCUT2D eigenvalue weighted by molar-refractivity contribution is 5.95. The monoisotopic (exact) mass is 352 g/mol. The van der Waals surface area contributed by atoms with Crippen LogP contribution < -0.4 is 10.5 Å². The number of phenolic OH excluding ortho intramolecular Hbond substituents is 1. The number of nitrogens with zero attached hydrogens (tertiary/aromatic N) is 1. The molecule has 0 fully saturated rings. The molecule has 0 saturated heterocycles. The Morgan fingerprint density at radius 2 is 1.96 bits per heavy atom. The maximum Gasteiger partial charge on any atom is 0.254 e. The predicted octanol–water partition coefficient (Wildman–Crippen LogP) is 3.30. The van der Waals surface area contributed by atoms with Gasteiger partial charge in [-0.2, -0.15) is 0 Å². The molecule has 0 atom stereocenters. The molecule has 0 spiro atoms. The predicted molar refractivity (Wildman–Crippen MR) is 91.7 cm³/mol. The van der Waals surface area contributed by atoms with Crippen LogP contribution in [0.2, 0.25) is 0 Å². The van der Waals surface area contributed by atoms with Crippen LogP contribution in [0.5, 0.6) is 17.4 Å². The van der Waals surface area contributed by atoms with Crippen molar-refractivity contribution in [3.63, 3.8) is 0 Å². The number of aromatic hydroxyl groups is 1. The van der Waals surface area contributed by atoms with Crippen LogP contribution in [0.1, 0.15) is 20.7 Å². The molecule has 6 nitrogen and oxygen atoms in total. The van der Waals surface area contributed by atoms with Crippen LogP contribution in [0.25, 0.3) is 11.1 Å². The second kappa shape index (κ2) is 7.02. The number of aromatic nitrogens is 1. The van der Waals surface area contributed by atoms with Crippen molar-refractivity contribution < 1.29 is 23.8 Å². The number of primary amides is 1. The fraction of sp³-hybridized carbons (Fsp3) is 0. The number of carbonyl (C=O) groups is 2. The van der Waals surface area contributed by atoms with Crippen molar-refractivity contribution in [2.75, 3.05) is 0 Å². The van der Waals surface area contributed by atoms with Crippen molar-refractivity contribution in [3.05, 3.63) is 71.7 Å². The summed E-state index contributed by atoms with van der Waals surface area (Å²) in [6.45, 7) is 0. The van der Waals surface area contributed by atoms with Crippen LogP contribution in [0.4, 0.5) is 4.39 Å². The van der Waals surface area contributed by atoms with E-state index in [0.29, 0.717) is 23.2 Å². The number of rotatable bonds is 5. The molecule has 0 aliphatic heterocycles. The third-order valence-electron chi connectivity index (χ3n) is 3.64. The highest BCUT2D eigenvalue weighted by Gasteiger charge is 2.14. The molecule has 0 aliphatic carbocycles. The third-order valence-corrected chi connectivity index (χ3v) is 3.64. The van der Waals surface area contributed by atoms with Crippen LogP contribution in [0.15, 0.2) is 54.7 Å². The Bertz CT molecular complexity index is 1000. The number of para-hydroxylation sites is 1. The Labute approximate surface area is 147 Å². The Kier molecular flexibility index (Phi) is 4.62. The topological polar surface area (TPSA) is 103 Å². The molecule has 0 saturated carbocycles. The summed E-state index contributed by atoms with van der Waals surface area (Å²) in [6, 6.07) is 12.3. The molecule has 3 N–H and O–H groups in total. The molecule has 7 heteroatoms. The fourth-order valence-corrected chi connectivity index (χ4v) is 2.41. The van der Waals surface area contributed by atoms with Gasteiger partial charge in [0.25, 0.3) is 5.91 Å². The van der Waals surface area contributed by atoms with Crippen LogP contribution in [-0.4, -0.2) is 22.3 Å². The Morgan fingerprint density at radius 3 is 2.69 bits per heavy atom. The van der Waals surface area contributed by atoms with Gasteiger partial charge in [0, 0.05) is 5.56 Å². The molecular weight excluding hydrogens is 339 g/mol. The van der Waals surface area contributed by atoms with Gasteiger partial charge in [0.1, 0.15) is 22.9 Å². The van der Waals surface area contributed by atoms with Gasteiger partial charge in [0.2, 0.25) is 5.88 Å². The van der Waals surface area contributed by atoms with E-state index in [4.69, 9.17) is 10.5 Å². The van der Waals surface area contributed by atoms with E-state index >= 15 is 0 Å². The van der Waals surface area contributed by atoms with E-state index in [2.05, 4.69) is 4.98 Å². The Morgan fingerprint density at radius 1 is 1.19 bits per heavy atom. The molecule has 3 aromatic rings. The van der Waals surface area contributed by atoms with E-state index < -0.39 is 11.7 Å².